The molecule has 1 aliphatic heterocycles. The van der Waals surface area contributed by atoms with Crippen LogP contribution in [0.15, 0.2) is 65.3 Å². The van der Waals surface area contributed by atoms with Crippen molar-refractivity contribution in [3.8, 4) is 0 Å². The highest BCUT2D eigenvalue weighted by Gasteiger charge is 2.37. The molecule has 0 bridgehead atoms. The van der Waals surface area contributed by atoms with Crippen molar-refractivity contribution in [2.45, 2.75) is 6.42 Å². The van der Waals surface area contributed by atoms with Crippen LogP contribution >= 0.6 is 11.6 Å². The van der Waals surface area contributed by atoms with Crippen LogP contribution in [-0.4, -0.2) is 30.2 Å². The van der Waals surface area contributed by atoms with Crippen LogP contribution in [0.1, 0.15) is 37.7 Å². The quantitative estimate of drug-likeness (QED) is 0.574. The van der Waals surface area contributed by atoms with Gasteiger partial charge in [0.2, 0.25) is 5.91 Å². The van der Waals surface area contributed by atoms with E-state index in [4.69, 9.17) is 16.0 Å². The molecule has 2 N–H and O–H groups in total. The number of fused-ring (bicyclic) bond motifs is 1. The highest BCUT2D eigenvalue weighted by Crippen LogP contribution is 2.34. The Morgan fingerprint density at radius 3 is 2.29 bits per heavy atom. The Morgan fingerprint density at radius 2 is 1.68 bits per heavy atom. The van der Waals surface area contributed by atoms with Crippen LogP contribution in [0.3, 0.4) is 0 Å². The van der Waals surface area contributed by atoms with Gasteiger partial charge in [0, 0.05) is 18.7 Å². The van der Waals surface area contributed by atoms with Crippen LogP contribution in [0.25, 0.3) is 0 Å². The zero-order chi connectivity index (χ0) is 22.0. The molecule has 0 fully saturated rings. The lowest BCUT2D eigenvalue weighted by atomic mass is 10.1. The number of nitrogens with one attached hydrogen (secondary N) is 2. The molecule has 4 amide bonds. The van der Waals surface area contributed by atoms with E-state index < -0.39 is 17.7 Å². The number of rotatable bonds is 6. The molecule has 0 radical (unpaired) electrons. The van der Waals surface area contributed by atoms with Gasteiger partial charge in [0.05, 0.1) is 28.1 Å². The van der Waals surface area contributed by atoms with Gasteiger partial charge in [-0.2, -0.15) is 0 Å². The number of hydrogen-bond acceptors (Lipinski definition) is 5. The zero-order valence-electron chi connectivity index (χ0n) is 16.1. The predicted molar refractivity (Wildman–Crippen MR) is 113 cm³/mol. The number of carbonyl (C=O) groups excluding carboxylic acids is 4. The third kappa shape index (κ3) is 4.06. The first kappa shape index (κ1) is 20.4. The molecule has 2 aromatic carbocycles. The molecule has 31 heavy (non-hydrogen) atoms. The average Bonchev–Trinajstić information content (AvgIpc) is 3.37. The number of benzene rings is 2. The van der Waals surface area contributed by atoms with Crippen LogP contribution in [-0.2, 0) is 4.79 Å². The summed E-state index contributed by atoms with van der Waals surface area (Å²) in [5.74, 6) is -1.50. The summed E-state index contributed by atoms with van der Waals surface area (Å²) in [5, 5.41) is 5.38. The van der Waals surface area contributed by atoms with E-state index in [1.165, 1.54) is 24.5 Å². The molecule has 8 nitrogen and oxygen atoms in total. The zero-order valence-corrected chi connectivity index (χ0v) is 16.8. The molecule has 0 spiro atoms. The summed E-state index contributed by atoms with van der Waals surface area (Å²) in [6.45, 7) is 0.117. The highest BCUT2D eigenvalue weighted by molar-refractivity contribution is 6.40. The summed E-state index contributed by atoms with van der Waals surface area (Å²) in [7, 11) is 0. The molecule has 4 rings (SSSR count). The first-order valence-corrected chi connectivity index (χ1v) is 9.72. The maximum Gasteiger partial charge on any atom is 0.286 e. The second kappa shape index (κ2) is 8.45. The lowest BCUT2D eigenvalue weighted by Gasteiger charge is -2.16. The summed E-state index contributed by atoms with van der Waals surface area (Å²) >= 11 is 6.30. The van der Waals surface area contributed by atoms with E-state index in [2.05, 4.69) is 10.6 Å². The average molecular weight is 438 g/mol. The van der Waals surface area contributed by atoms with Crippen molar-refractivity contribution in [1.82, 2.24) is 5.32 Å². The van der Waals surface area contributed by atoms with Gasteiger partial charge in [-0.1, -0.05) is 23.7 Å². The molecule has 0 unspecified atom stereocenters. The maximum absolute atomic E-state index is 12.6. The Balaban J connectivity index is 1.38. The van der Waals surface area contributed by atoms with Crippen LogP contribution < -0.4 is 15.5 Å². The molecule has 0 saturated heterocycles. The lowest BCUT2D eigenvalue weighted by Crippen LogP contribution is -2.29. The van der Waals surface area contributed by atoms with Gasteiger partial charge < -0.3 is 15.1 Å². The van der Waals surface area contributed by atoms with Crippen molar-refractivity contribution >= 4 is 46.6 Å². The van der Waals surface area contributed by atoms with Crippen molar-refractivity contribution < 1.29 is 23.6 Å². The van der Waals surface area contributed by atoms with E-state index in [0.717, 1.165) is 4.90 Å². The van der Waals surface area contributed by atoms with E-state index in [0.29, 0.717) is 16.8 Å². The second-order valence-electron chi connectivity index (χ2n) is 6.69. The van der Waals surface area contributed by atoms with E-state index in [-0.39, 0.29) is 35.3 Å². The van der Waals surface area contributed by atoms with Gasteiger partial charge in [-0.3, -0.25) is 19.2 Å². The van der Waals surface area contributed by atoms with Gasteiger partial charge in [0.25, 0.3) is 17.7 Å². The van der Waals surface area contributed by atoms with Gasteiger partial charge in [0.15, 0.2) is 5.76 Å². The minimum Gasteiger partial charge on any atom is -0.459 e. The molecule has 0 atom stereocenters. The Kier molecular flexibility index (Phi) is 5.55. The molecular formula is C22H16ClN3O5. The molecule has 0 aliphatic carbocycles. The number of halogens is 1. The topological polar surface area (TPSA) is 109 Å². The summed E-state index contributed by atoms with van der Waals surface area (Å²) < 4.78 is 4.97. The molecule has 1 aromatic heterocycles. The normalized spacial score (nSPS) is 12.6. The van der Waals surface area contributed by atoms with Crippen molar-refractivity contribution in [1.29, 1.82) is 0 Å². The monoisotopic (exact) mass is 437 g/mol. The minimum atomic E-state index is -0.452. The fourth-order valence-corrected chi connectivity index (χ4v) is 3.45. The van der Waals surface area contributed by atoms with Gasteiger partial charge in [-0.15, -0.1) is 0 Å². The second-order valence-corrected chi connectivity index (χ2v) is 7.10. The Hall–Kier alpha value is -3.91. The third-order valence-electron chi connectivity index (χ3n) is 4.65. The molecular weight excluding hydrogens is 422 g/mol. The number of anilines is 2. The predicted octanol–water partition coefficient (Wildman–Crippen LogP) is 3.49. The maximum atomic E-state index is 12.6. The number of hydrogen-bond donors (Lipinski definition) is 2. The first-order chi connectivity index (χ1) is 15.0. The van der Waals surface area contributed by atoms with E-state index in [9.17, 15) is 19.2 Å². The lowest BCUT2D eigenvalue weighted by molar-refractivity contribution is -0.116. The van der Waals surface area contributed by atoms with Crippen molar-refractivity contribution in [3.05, 3.63) is 82.8 Å². The molecule has 1 aliphatic rings. The molecule has 2 heterocycles. The summed E-state index contributed by atoms with van der Waals surface area (Å²) in [4.78, 5) is 50.2. The number of carbonyl (C=O) groups is 4. The Labute approximate surface area is 181 Å². The van der Waals surface area contributed by atoms with Crippen LogP contribution in [0.4, 0.5) is 11.4 Å². The smallest absolute Gasteiger partial charge is 0.286 e. The summed E-state index contributed by atoms with van der Waals surface area (Å²) in [6.07, 6.45) is 1.42. The standard InChI is InChI=1S/C22H16ClN3O5/c23-16-12-13(25-19(27)9-10-24-20(28)18-6-3-11-31-18)7-8-17(16)26-21(29)14-4-1-2-5-15(14)22(26)30/h1-8,11-12H,9-10H2,(H,24,28)(H,25,27). The van der Waals surface area contributed by atoms with Crippen molar-refractivity contribution in [2.75, 3.05) is 16.8 Å². The highest BCUT2D eigenvalue weighted by atomic mass is 35.5. The van der Waals surface area contributed by atoms with Crippen molar-refractivity contribution in [3.63, 3.8) is 0 Å². The number of furan rings is 1. The number of nitrogens with zero attached hydrogens (tertiary/aromatic N) is 1. The van der Waals surface area contributed by atoms with E-state index in [1.54, 1.807) is 36.4 Å². The minimum absolute atomic E-state index is 0.0320. The van der Waals surface area contributed by atoms with Gasteiger partial charge >= 0.3 is 0 Å². The van der Waals surface area contributed by atoms with Crippen LogP contribution in [0, 0.1) is 0 Å². The van der Waals surface area contributed by atoms with Gasteiger partial charge in [-0.25, -0.2) is 4.90 Å². The largest absolute Gasteiger partial charge is 0.459 e. The third-order valence-corrected chi connectivity index (χ3v) is 4.95. The van der Waals surface area contributed by atoms with Gasteiger partial charge in [-0.05, 0) is 42.5 Å². The van der Waals surface area contributed by atoms with Crippen molar-refractivity contribution in [2.24, 2.45) is 0 Å². The van der Waals surface area contributed by atoms with Crippen LogP contribution in [0.2, 0.25) is 5.02 Å². The Bertz CT molecular complexity index is 1150. The van der Waals surface area contributed by atoms with E-state index in [1.807, 2.05) is 0 Å². The first-order valence-electron chi connectivity index (χ1n) is 9.34. The molecule has 156 valence electrons. The van der Waals surface area contributed by atoms with Gasteiger partial charge in [0.1, 0.15) is 0 Å². The van der Waals surface area contributed by atoms with Crippen LogP contribution in [0.5, 0.6) is 0 Å². The Morgan fingerprint density at radius 1 is 0.968 bits per heavy atom. The number of amides is 4. The summed E-state index contributed by atoms with van der Waals surface area (Å²) in [6, 6.07) is 14.2. The van der Waals surface area contributed by atoms with E-state index >= 15 is 0 Å². The SMILES string of the molecule is O=C(CCNC(=O)c1ccco1)Nc1ccc(N2C(=O)c3ccccc3C2=O)c(Cl)c1. The number of imide groups is 1. The molecule has 0 saturated carbocycles. The fourth-order valence-electron chi connectivity index (χ4n) is 3.18. The molecule has 9 heteroatoms. The molecule has 3 aromatic rings. The fraction of sp³-hybridized carbons (Fsp3) is 0.0909. The summed E-state index contributed by atoms with van der Waals surface area (Å²) in [5.41, 5.74) is 1.26.